The van der Waals surface area contributed by atoms with Gasteiger partial charge in [-0.1, -0.05) is 100 Å². The summed E-state index contributed by atoms with van der Waals surface area (Å²) in [6, 6.07) is 21.9. The van der Waals surface area contributed by atoms with Crippen molar-refractivity contribution in [2.75, 3.05) is 0 Å². The van der Waals surface area contributed by atoms with Crippen LogP contribution in [0, 0.1) is 0 Å². The van der Waals surface area contributed by atoms with Crippen LogP contribution in [0.2, 0.25) is 0 Å². The first-order valence-electron chi connectivity index (χ1n) is 12.4. The highest BCUT2D eigenvalue weighted by Crippen LogP contribution is 2.22. The van der Waals surface area contributed by atoms with Crippen molar-refractivity contribution in [1.82, 2.24) is 4.57 Å². The highest BCUT2D eigenvalue weighted by atomic mass is 15.2. The summed E-state index contributed by atoms with van der Waals surface area (Å²) >= 11 is 0. The van der Waals surface area contributed by atoms with E-state index in [1.54, 1.807) is 0 Å². The van der Waals surface area contributed by atoms with Gasteiger partial charge >= 0.3 is 0 Å². The van der Waals surface area contributed by atoms with Crippen molar-refractivity contribution in [3.8, 4) is 0 Å². The Balaban J connectivity index is 1.81. The van der Waals surface area contributed by atoms with Crippen molar-refractivity contribution in [3.63, 3.8) is 0 Å². The third-order valence-corrected chi connectivity index (χ3v) is 6.46. The molecular formula is C29H41N2+. The lowest BCUT2D eigenvalue weighted by Crippen LogP contribution is -2.36. The van der Waals surface area contributed by atoms with E-state index in [2.05, 4.69) is 96.8 Å². The van der Waals surface area contributed by atoms with Gasteiger partial charge in [0.1, 0.15) is 11.9 Å². The first-order chi connectivity index (χ1) is 15.2. The Morgan fingerprint density at radius 3 is 2.13 bits per heavy atom. The molecule has 0 bridgehead atoms. The molecule has 2 nitrogen and oxygen atoms in total. The molecule has 2 aromatic carbocycles. The summed E-state index contributed by atoms with van der Waals surface area (Å²) in [5.74, 6) is 1.98. The van der Waals surface area contributed by atoms with Crippen LogP contribution in [0.5, 0.6) is 0 Å². The Morgan fingerprint density at radius 1 is 0.806 bits per heavy atom. The van der Waals surface area contributed by atoms with E-state index in [0.29, 0.717) is 5.92 Å². The molecule has 0 saturated carbocycles. The number of benzene rings is 2. The van der Waals surface area contributed by atoms with Gasteiger partial charge in [-0.2, -0.15) is 0 Å². The Kier molecular flexibility index (Phi) is 9.39. The molecule has 1 heterocycles. The molecule has 1 unspecified atom stereocenters. The van der Waals surface area contributed by atoms with E-state index in [0.717, 1.165) is 25.9 Å². The predicted molar refractivity (Wildman–Crippen MR) is 131 cm³/mol. The van der Waals surface area contributed by atoms with Gasteiger partial charge in [0.25, 0.3) is 5.82 Å². The van der Waals surface area contributed by atoms with Crippen LogP contribution in [0.3, 0.4) is 0 Å². The standard InChI is InChI=1S/C29H41N2/c1-4-6-7-8-9-16-21-31-28(22-25(3)27-19-14-11-15-20-27)24-30(5-2)29(31)23-26-17-12-10-13-18-26/h10-15,17-20,24-25H,4-9,16,21-23H2,1-3H3/q+1. The SMILES string of the molecule is CCCCCCCCn1c(CC(C)c2ccccc2)c[n+](CC)c1Cc1ccccc1. The quantitative estimate of drug-likeness (QED) is 0.207. The zero-order valence-electron chi connectivity index (χ0n) is 19.9. The summed E-state index contributed by atoms with van der Waals surface area (Å²) in [5, 5.41) is 0. The molecule has 0 spiro atoms. The minimum atomic E-state index is 0.522. The summed E-state index contributed by atoms with van der Waals surface area (Å²) in [6.07, 6.45) is 12.6. The second-order valence-electron chi connectivity index (χ2n) is 8.92. The molecule has 0 radical (unpaired) electrons. The van der Waals surface area contributed by atoms with Crippen molar-refractivity contribution in [2.24, 2.45) is 0 Å². The number of aromatic nitrogens is 2. The van der Waals surface area contributed by atoms with E-state index in [9.17, 15) is 0 Å². The molecule has 0 saturated heterocycles. The lowest BCUT2D eigenvalue weighted by Gasteiger charge is -2.12. The van der Waals surface area contributed by atoms with Crippen LogP contribution in [0.15, 0.2) is 66.9 Å². The van der Waals surface area contributed by atoms with Crippen LogP contribution < -0.4 is 4.57 Å². The van der Waals surface area contributed by atoms with E-state index in [1.165, 1.54) is 61.2 Å². The summed E-state index contributed by atoms with van der Waals surface area (Å²) < 4.78 is 5.13. The summed E-state index contributed by atoms with van der Waals surface area (Å²) in [7, 11) is 0. The second-order valence-corrected chi connectivity index (χ2v) is 8.92. The number of aryl methyl sites for hydroxylation is 1. The number of hydrogen-bond donors (Lipinski definition) is 0. The highest BCUT2D eigenvalue weighted by Gasteiger charge is 2.24. The van der Waals surface area contributed by atoms with E-state index in [1.807, 2.05) is 0 Å². The van der Waals surface area contributed by atoms with Gasteiger partial charge in [-0.3, -0.25) is 0 Å². The Bertz CT molecular complexity index is 880. The number of imidazole rings is 1. The molecule has 0 fully saturated rings. The van der Waals surface area contributed by atoms with E-state index in [-0.39, 0.29) is 0 Å². The average molecular weight is 418 g/mol. The lowest BCUT2D eigenvalue weighted by molar-refractivity contribution is -0.700. The molecule has 31 heavy (non-hydrogen) atoms. The molecule has 3 rings (SSSR count). The third-order valence-electron chi connectivity index (χ3n) is 6.46. The zero-order valence-corrected chi connectivity index (χ0v) is 19.9. The maximum Gasteiger partial charge on any atom is 0.261 e. The molecule has 1 atom stereocenters. The van der Waals surface area contributed by atoms with E-state index >= 15 is 0 Å². The van der Waals surface area contributed by atoms with Gasteiger partial charge in [0.15, 0.2) is 0 Å². The fraction of sp³-hybridized carbons (Fsp3) is 0.483. The fourth-order valence-electron chi connectivity index (χ4n) is 4.59. The van der Waals surface area contributed by atoms with Crippen LogP contribution in [0.1, 0.15) is 87.9 Å². The number of nitrogens with zero attached hydrogens (tertiary/aromatic N) is 2. The maximum absolute atomic E-state index is 2.65. The summed E-state index contributed by atoms with van der Waals surface area (Å²) in [4.78, 5) is 0. The largest absolute Gasteiger partial charge is 0.261 e. The Hall–Kier alpha value is -2.35. The van der Waals surface area contributed by atoms with Crippen molar-refractivity contribution in [1.29, 1.82) is 0 Å². The normalized spacial score (nSPS) is 12.2. The molecule has 2 heteroatoms. The maximum atomic E-state index is 2.65. The first-order valence-corrected chi connectivity index (χ1v) is 12.4. The summed E-state index contributed by atoms with van der Waals surface area (Å²) in [6.45, 7) is 9.09. The van der Waals surface area contributed by atoms with Gasteiger partial charge in [0.2, 0.25) is 0 Å². The van der Waals surface area contributed by atoms with E-state index in [4.69, 9.17) is 0 Å². The molecule has 0 aliphatic heterocycles. The van der Waals surface area contributed by atoms with Gasteiger partial charge in [-0.15, -0.1) is 0 Å². The molecule has 166 valence electrons. The molecule has 0 aliphatic carbocycles. The monoisotopic (exact) mass is 417 g/mol. The molecule has 1 aromatic heterocycles. The van der Waals surface area contributed by atoms with Crippen molar-refractivity contribution in [2.45, 2.75) is 91.1 Å². The Morgan fingerprint density at radius 2 is 1.45 bits per heavy atom. The number of rotatable bonds is 13. The van der Waals surface area contributed by atoms with Crippen molar-refractivity contribution < 1.29 is 4.57 Å². The van der Waals surface area contributed by atoms with Crippen molar-refractivity contribution >= 4 is 0 Å². The highest BCUT2D eigenvalue weighted by molar-refractivity contribution is 5.22. The average Bonchev–Trinajstić information content (AvgIpc) is 3.13. The number of unbranched alkanes of at least 4 members (excludes halogenated alkanes) is 5. The minimum absolute atomic E-state index is 0.522. The lowest BCUT2D eigenvalue weighted by atomic mass is 9.96. The molecule has 3 aromatic rings. The van der Waals surface area contributed by atoms with E-state index < -0.39 is 0 Å². The minimum Gasteiger partial charge on any atom is -0.234 e. The molecule has 0 aliphatic rings. The van der Waals surface area contributed by atoms with Crippen molar-refractivity contribution in [3.05, 3.63) is 89.5 Å². The van der Waals surface area contributed by atoms with Gasteiger partial charge in [0, 0.05) is 6.42 Å². The molecule has 0 amide bonds. The smallest absolute Gasteiger partial charge is 0.234 e. The fourth-order valence-corrected chi connectivity index (χ4v) is 4.59. The zero-order chi connectivity index (χ0) is 21.9. The van der Waals surface area contributed by atoms with Crippen LogP contribution in [0.4, 0.5) is 0 Å². The van der Waals surface area contributed by atoms with Gasteiger partial charge in [-0.25, -0.2) is 9.13 Å². The van der Waals surface area contributed by atoms with Crippen LogP contribution in [-0.2, 0) is 25.9 Å². The molecular weight excluding hydrogens is 376 g/mol. The molecule has 0 N–H and O–H groups in total. The third kappa shape index (κ3) is 6.82. The number of hydrogen-bond acceptors (Lipinski definition) is 0. The topological polar surface area (TPSA) is 8.81 Å². The van der Waals surface area contributed by atoms with Gasteiger partial charge in [0.05, 0.1) is 19.5 Å². The van der Waals surface area contributed by atoms with Crippen LogP contribution >= 0.6 is 0 Å². The Labute approximate surface area is 190 Å². The summed E-state index contributed by atoms with van der Waals surface area (Å²) in [5.41, 5.74) is 4.31. The van der Waals surface area contributed by atoms with Gasteiger partial charge < -0.3 is 0 Å². The van der Waals surface area contributed by atoms with Gasteiger partial charge in [-0.05, 0) is 36.8 Å². The second kappa shape index (κ2) is 12.5. The van der Waals surface area contributed by atoms with Crippen LogP contribution in [-0.4, -0.2) is 4.57 Å². The van der Waals surface area contributed by atoms with Crippen LogP contribution in [0.25, 0.3) is 0 Å². The first kappa shape index (κ1) is 23.3. The predicted octanol–water partition coefficient (Wildman–Crippen LogP) is 7.09.